The molecule has 0 saturated carbocycles. The van der Waals surface area contributed by atoms with Gasteiger partial charge in [0.05, 0.1) is 17.1 Å². The van der Waals surface area contributed by atoms with E-state index in [0.29, 0.717) is 17.6 Å². The monoisotopic (exact) mass is 330 g/mol. The second-order valence-corrected chi connectivity index (χ2v) is 6.55. The number of hydrogen-bond acceptors (Lipinski definition) is 4. The Balaban J connectivity index is 1.67. The number of benzene rings is 1. The van der Waals surface area contributed by atoms with Gasteiger partial charge in [-0.3, -0.25) is 4.79 Å². The third-order valence-corrected chi connectivity index (χ3v) is 5.02. The minimum absolute atomic E-state index is 0.00111. The number of halogens is 1. The average molecular weight is 330 g/mol. The molecule has 1 aromatic carbocycles. The molecule has 4 rings (SSSR count). The van der Waals surface area contributed by atoms with E-state index in [1.54, 1.807) is 23.6 Å². The van der Waals surface area contributed by atoms with Crippen LogP contribution >= 0.6 is 11.3 Å². The molecule has 0 unspecified atom stereocenters. The van der Waals surface area contributed by atoms with E-state index in [9.17, 15) is 9.18 Å². The first-order valence-corrected chi connectivity index (χ1v) is 8.46. The molecule has 1 aliphatic rings. The molecule has 3 aromatic rings. The van der Waals surface area contributed by atoms with Gasteiger partial charge in [-0.05, 0) is 37.5 Å². The van der Waals surface area contributed by atoms with Crippen LogP contribution in [-0.2, 0) is 0 Å². The number of imidazole rings is 1. The zero-order valence-corrected chi connectivity index (χ0v) is 13.1. The lowest BCUT2D eigenvalue weighted by molar-refractivity contribution is 0.0600. The van der Waals surface area contributed by atoms with Gasteiger partial charge in [0.1, 0.15) is 10.8 Å². The molecule has 1 saturated heterocycles. The lowest BCUT2D eigenvalue weighted by Gasteiger charge is -2.33. The van der Waals surface area contributed by atoms with E-state index in [2.05, 4.69) is 15.0 Å². The van der Waals surface area contributed by atoms with Crippen LogP contribution in [0.25, 0.3) is 11.0 Å². The molecule has 1 amide bonds. The molecule has 1 aliphatic heterocycles. The molecular formula is C16H15FN4OS. The fourth-order valence-electron chi connectivity index (χ4n) is 3.05. The fraction of sp³-hybridized carbons (Fsp3) is 0.312. The summed E-state index contributed by atoms with van der Waals surface area (Å²) in [6.07, 6.45) is 4.73. The minimum Gasteiger partial charge on any atom is -0.334 e. The van der Waals surface area contributed by atoms with Gasteiger partial charge in [-0.1, -0.05) is 0 Å². The second kappa shape index (κ2) is 5.73. The van der Waals surface area contributed by atoms with E-state index in [1.807, 2.05) is 10.3 Å². The smallest absolute Gasteiger partial charge is 0.290 e. The van der Waals surface area contributed by atoms with Gasteiger partial charge in [0.2, 0.25) is 0 Å². The van der Waals surface area contributed by atoms with Crippen LogP contribution in [0.5, 0.6) is 0 Å². The number of aromatic nitrogens is 3. The van der Waals surface area contributed by atoms with Gasteiger partial charge < -0.3 is 9.88 Å². The summed E-state index contributed by atoms with van der Waals surface area (Å²) in [5, 5.41) is 2.89. The Labute approximate surface area is 136 Å². The summed E-state index contributed by atoms with van der Waals surface area (Å²) in [6.45, 7) is 0.689. The number of likely N-dealkylation sites (tertiary alicyclic amines) is 1. The zero-order valence-electron chi connectivity index (χ0n) is 12.3. The highest BCUT2D eigenvalue weighted by Gasteiger charge is 2.31. The van der Waals surface area contributed by atoms with Gasteiger partial charge in [-0.2, -0.15) is 0 Å². The van der Waals surface area contributed by atoms with Gasteiger partial charge in [-0.25, -0.2) is 14.4 Å². The number of nitrogens with one attached hydrogen (secondary N) is 1. The average Bonchev–Trinajstić information content (AvgIpc) is 3.23. The van der Waals surface area contributed by atoms with Crippen LogP contribution in [0.4, 0.5) is 4.39 Å². The van der Waals surface area contributed by atoms with Crippen molar-refractivity contribution >= 4 is 28.3 Å². The maximum atomic E-state index is 13.3. The molecular weight excluding hydrogens is 315 g/mol. The largest absolute Gasteiger partial charge is 0.334 e. The molecule has 1 atom stereocenters. The van der Waals surface area contributed by atoms with Crippen LogP contribution in [0.3, 0.4) is 0 Å². The Kier molecular flexibility index (Phi) is 3.57. The van der Waals surface area contributed by atoms with Crippen LogP contribution in [0, 0.1) is 5.82 Å². The summed E-state index contributed by atoms with van der Waals surface area (Å²) >= 11 is 1.57. The summed E-state index contributed by atoms with van der Waals surface area (Å²) in [5.74, 6) is -0.241. The minimum atomic E-state index is -0.348. The van der Waals surface area contributed by atoms with Crippen LogP contribution in [-0.4, -0.2) is 32.3 Å². The number of amides is 1. The maximum absolute atomic E-state index is 13.3. The Bertz CT molecular complexity index is 845. The summed E-state index contributed by atoms with van der Waals surface area (Å²) < 4.78 is 13.3. The van der Waals surface area contributed by atoms with Gasteiger partial charge in [-0.15, -0.1) is 11.3 Å². The number of carbonyl (C=O) groups is 1. The summed E-state index contributed by atoms with van der Waals surface area (Å²) in [5.41, 5.74) is 1.13. The number of nitrogens with zero attached hydrogens (tertiary/aromatic N) is 3. The van der Waals surface area contributed by atoms with Crippen molar-refractivity contribution < 1.29 is 9.18 Å². The highest BCUT2D eigenvalue weighted by atomic mass is 32.1. The Hall–Kier alpha value is -2.28. The highest BCUT2D eigenvalue weighted by molar-refractivity contribution is 7.09. The number of fused-ring (bicyclic) bond motifs is 1. The molecule has 5 nitrogen and oxygen atoms in total. The first-order chi connectivity index (χ1) is 11.2. The molecule has 7 heteroatoms. The maximum Gasteiger partial charge on any atom is 0.290 e. The van der Waals surface area contributed by atoms with Gasteiger partial charge in [0.25, 0.3) is 5.91 Å². The number of piperidine rings is 1. The van der Waals surface area contributed by atoms with Crippen molar-refractivity contribution in [2.75, 3.05) is 6.54 Å². The first-order valence-electron chi connectivity index (χ1n) is 7.58. The van der Waals surface area contributed by atoms with Crippen LogP contribution < -0.4 is 0 Å². The molecule has 1 fully saturated rings. The lowest BCUT2D eigenvalue weighted by Crippen LogP contribution is -2.39. The van der Waals surface area contributed by atoms with Crippen molar-refractivity contribution in [3.8, 4) is 0 Å². The predicted molar refractivity (Wildman–Crippen MR) is 85.8 cm³/mol. The topological polar surface area (TPSA) is 61.9 Å². The molecule has 2 aromatic heterocycles. The van der Waals surface area contributed by atoms with E-state index in [1.165, 1.54) is 12.1 Å². The molecule has 0 radical (unpaired) electrons. The number of aromatic amines is 1. The Morgan fingerprint density at radius 1 is 1.39 bits per heavy atom. The van der Waals surface area contributed by atoms with E-state index < -0.39 is 0 Å². The number of H-pyrrole nitrogens is 1. The Morgan fingerprint density at radius 2 is 2.30 bits per heavy atom. The van der Waals surface area contributed by atoms with Crippen LogP contribution in [0.2, 0.25) is 0 Å². The molecule has 118 valence electrons. The van der Waals surface area contributed by atoms with E-state index in [0.717, 1.165) is 24.3 Å². The van der Waals surface area contributed by atoms with Crippen molar-refractivity contribution in [1.82, 2.24) is 19.9 Å². The first kappa shape index (κ1) is 14.3. The van der Waals surface area contributed by atoms with Gasteiger partial charge in [0, 0.05) is 18.1 Å². The molecule has 0 bridgehead atoms. The molecule has 1 N–H and O–H groups in total. The molecule has 3 heterocycles. The third-order valence-electron chi connectivity index (χ3n) is 4.15. The zero-order chi connectivity index (χ0) is 15.8. The third kappa shape index (κ3) is 2.61. The van der Waals surface area contributed by atoms with Crippen molar-refractivity contribution in [1.29, 1.82) is 0 Å². The van der Waals surface area contributed by atoms with Gasteiger partial charge >= 0.3 is 0 Å². The van der Waals surface area contributed by atoms with Crippen molar-refractivity contribution in [3.63, 3.8) is 0 Å². The number of rotatable bonds is 2. The van der Waals surface area contributed by atoms with E-state index in [4.69, 9.17) is 0 Å². The molecule has 23 heavy (non-hydrogen) atoms. The summed E-state index contributed by atoms with van der Waals surface area (Å²) in [6, 6.07) is 4.28. The van der Waals surface area contributed by atoms with E-state index >= 15 is 0 Å². The van der Waals surface area contributed by atoms with Gasteiger partial charge in [0.15, 0.2) is 5.82 Å². The molecule has 0 aliphatic carbocycles. The molecule has 0 spiro atoms. The van der Waals surface area contributed by atoms with Crippen molar-refractivity contribution in [2.45, 2.75) is 25.3 Å². The van der Waals surface area contributed by atoms with Crippen LogP contribution in [0.15, 0.2) is 29.8 Å². The fourth-order valence-corrected chi connectivity index (χ4v) is 3.83. The second-order valence-electron chi connectivity index (χ2n) is 5.63. The number of thiazole rings is 1. The summed E-state index contributed by atoms with van der Waals surface area (Å²) in [7, 11) is 0. The van der Waals surface area contributed by atoms with Crippen LogP contribution in [0.1, 0.15) is 40.9 Å². The SMILES string of the molecule is O=C(c1nc2ccc(F)cc2[nH]1)N1CCCC[C@@H]1c1nccs1. The van der Waals surface area contributed by atoms with Crippen molar-refractivity contribution in [2.24, 2.45) is 0 Å². The van der Waals surface area contributed by atoms with E-state index in [-0.39, 0.29) is 23.6 Å². The quantitative estimate of drug-likeness (QED) is 0.782. The predicted octanol–water partition coefficient (Wildman–Crippen LogP) is 3.53. The number of carbonyl (C=O) groups excluding carboxylic acids is 1. The normalized spacial score (nSPS) is 18.5. The lowest BCUT2D eigenvalue weighted by atomic mass is 10.0. The highest BCUT2D eigenvalue weighted by Crippen LogP contribution is 2.33. The summed E-state index contributed by atoms with van der Waals surface area (Å²) in [4.78, 5) is 26.3. The number of hydrogen-bond donors (Lipinski definition) is 1. The van der Waals surface area contributed by atoms with Crippen molar-refractivity contribution in [3.05, 3.63) is 46.4 Å². The Morgan fingerprint density at radius 3 is 3.13 bits per heavy atom. The standard InChI is InChI=1S/C16H15FN4OS/c17-10-4-5-11-12(9-10)20-14(19-11)16(22)21-7-2-1-3-13(21)15-18-6-8-23-15/h4-6,8-9,13H,1-3,7H2,(H,19,20)/t13-/m1/s1.